The summed E-state index contributed by atoms with van der Waals surface area (Å²) in [6, 6.07) is 0. The summed E-state index contributed by atoms with van der Waals surface area (Å²) in [7, 11) is 1.76. The van der Waals surface area contributed by atoms with E-state index in [2.05, 4.69) is 0 Å². The van der Waals surface area contributed by atoms with E-state index in [1.807, 2.05) is 20.8 Å². The van der Waals surface area contributed by atoms with Gasteiger partial charge in [0.25, 0.3) is 0 Å². The van der Waals surface area contributed by atoms with E-state index in [1.165, 1.54) is 0 Å². The van der Waals surface area contributed by atoms with E-state index in [-0.39, 0.29) is 17.2 Å². The molecule has 1 N–H and O–H groups in total. The van der Waals surface area contributed by atoms with Gasteiger partial charge in [0.1, 0.15) is 0 Å². The molecule has 1 aliphatic rings. The molecule has 0 aromatic carbocycles. The van der Waals surface area contributed by atoms with Crippen molar-refractivity contribution in [3.8, 4) is 0 Å². The summed E-state index contributed by atoms with van der Waals surface area (Å²) in [5.74, 6) is 0.336. The number of aliphatic hydroxyl groups excluding tert-OH is 1. The topological polar surface area (TPSA) is 49.8 Å². The number of rotatable bonds is 3. The van der Waals surface area contributed by atoms with E-state index in [4.69, 9.17) is 4.74 Å². The highest BCUT2D eigenvalue weighted by Gasteiger charge is 2.29. The molecule has 0 bridgehead atoms. The average Bonchev–Trinajstić information content (AvgIpc) is 2.27. The molecule has 0 aliphatic carbocycles. The number of carbonyl (C=O) groups excluding carboxylic acids is 1. The van der Waals surface area contributed by atoms with Crippen LogP contribution in [0.15, 0.2) is 0 Å². The lowest BCUT2D eigenvalue weighted by Crippen LogP contribution is -2.43. The molecule has 1 amide bonds. The third-order valence-electron chi connectivity index (χ3n) is 3.26. The fraction of sp³-hybridized carbons (Fsp3) is 0.923. The van der Waals surface area contributed by atoms with Gasteiger partial charge in [-0.1, -0.05) is 20.8 Å². The van der Waals surface area contributed by atoms with Crippen LogP contribution in [0.25, 0.3) is 0 Å². The van der Waals surface area contributed by atoms with Gasteiger partial charge in [-0.15, -0.1) is 0 Å². The number of carbonyl (C=O) groups is 1. The number of aliphatic hydroxyl groups is 1. The van der Waals surface area contributed by atoms with Crippen LogP contribution in [0.4, 0.5) is 0 Å². The molecule has 0 radical (unpaired) electrons. The van der Waals surface area contributed by atoms with E-state index in [9.17, 15) is 9.90 Å². The average molecular weight is 243 g/mol. The van der Waals surface area contributed by atoms with Gasteiger partial charge in [-0.05, 0) is 18.8 Å². The Balaban J connectivity index is 2.44. The quantitative estimate of drug-likeness (QED) is 0.812. The second kappa shape index (κ2) is 5.83. The van der Waals surface area contributed by atoms with Gasteiger partial charge in [0.2, 0.25) is 5.91 Å². The van der Waals surface area contributed by atoms with Gasteiger partial charge in [0, 0.05) is 32.2 Å². The van der Waals surface area contributed by atoms with Crippen molar-refractivity contribution in [2.24, 2.45) is 11.3 Å². The molecule has 1 unspecified atom stereocenters. The number of hydrogen-bond donors (Lipinski definition) is 1. The highest BCUT2D eigenvalue weighted by atomic mass is 16.5. The normalized spacial score (nSPS) is 20.1. The molecule has 100 valence electrons. The maximum absolute atomic E-state index is 12.0. The molecule has 1 heterocycles. The zero-order valence-corrected chi connectivity index (χ0v) is 11.4. The number of ether oxygens (including phenoxy) is 1. The van der Waals surface area contributed by atoms with Crippen molar-refractivity contribution >= 4 is 5.91 Å². The van der Waals surface area contributed by atoms with Crippen molar-refractivity contribution in [1.82, 2.24) is 4.90 Å². The second-order valence-electron chi connectivity index (χ2n) is 5.95. The Morgan fingerprint density at radius 2 is 1.94 bits per heavy atom. The zero-order valence-electron chi connectivity index (χ0n) is 11.4. The smallest absolute Gasteiger partial charge is 0.227 e. The number of likely N-dealkylation sites (N-methyl/N-ethyl adjacent to an activating group) is 1. The van der Waals surface area contributed by atoms with Crippen molar-refractivity contribution in [3.05, 3.63) is 0 Å². The summed E-state index contributed by atoms with van der Waals surface area (Å²) in [5.41, 5.74) is -0.385. The van der Waals surface area contributed by atoms with Crippen LogP contribution in [0.3, 0.4) is 0 Å². The molecule has 1 aliphatic heterocycles. The first kappa shape index (κ1) is 14.5. The summed E-state index contributed by atoms with van der Waals surface area (Å²) in [6.07, 6.45) is 1.34. The van der Waals surface area contributed by atoms with Crippen LogP contribution in [0.2, 0.25) is 0 Å². The monoisotopic (exact) mass is 243 g/mol. The molecular formula is C13H25NO3. The van der Waals surface area contributed by atoms with Crippen LogP contribution in [0.5, 0.6) is 0 Å². The van der Waals surface area contributed by atoms with Crippen LogP contribution < -0.4 is 0 Å². The Morgan fingerprint density at radius 3 is 2.41 bits per heavy atom. The van der Waals surface area contributed by atoms with Crippen LogP contribution in [-0.4, -0.2) is 48.8 Å². The van der Waals surface area contributed by atoms with Crippen molar-refractivity contribution in [2.45, 2.75) is 39.7 Å². The molecule has 4 nitrogen and oxygen atoms in total. The fourth-order valence-corrected chi connectivity index (χ4v) is 2.19. The van der Waals surface area contributed by atoms with Crippen molar-refractivity contribution in [3.63, 3.8) is 0 Å². The van der Waals surface area contributed by atoms with Gasteiger partial charge in [-0.2, -0.15) is 0 Å². The highest BCUT2D eigenvalue weighted by Crippen LogP contribution is 2.21. The van der Waals surface area contributed by atoms with Crippen LogP contribution in [-0.2, 0) is 9.53 Å². The summed E-state index contributed by atoms with van der Waals surface area (Å²) in [5, 5.41) is 10.1. The van der Waals surface area contributed by atoms with Crippen molar-refractivity contribution < 1.29 is 14.6 Å². The molecular weight excluding hydrogens is 218 g/mol. The van der Waals surface area contributed by atoms with E-state index < -0.39 is 6.10 Å². The van der Waals surface area contributed by atoms with Crippen molar-refractivity contribution in [2.75, 3.05) is 26.8 Å². The lowest BCUT2D eigenvalue weighted by atomic mass is 9.92. The minimum atomic E-state index is -0.435. The van der Waals surface area contributed by atoms with Gasteiger partial charge in [-0.25, -0.2) is 0 Å². The maximum Gasteiger partial charge on any atom is 0.227 e. The molecule has 1 rings (SSSR count). The minimum Gasteiger partial charge on any atom is -0.391 e. The molecule has 17 heavy (non-hydrogen) atoms. The highest BCUT2D eigenvalue weighted by molar-refractivity contribution is 5.81. The Bertz CT molecular complexity index is 254. The summed E-state index contributed by atoms with van der Waals surface area (Å²) < 4.78 is 5.26. The lowest BCUT2D eigenvalue weighted by molar-refractivity contribution is -0.140. The molecule has 0 spiro atoms. The van der Waals surface area contributed by atoms with Crippen molar-refractivity contribution in [1.29, 1.82) is 0 Å². The standard InChI is InChI=1S/C13H25NO3/c1-13(2,3)12(16)14(4)9-11(15)10-5-7-17-8-6-10/h10-11,15H,5-9H2,1-4H3. The molecule has 1 atom stereocenters. The van der Waals surface area contributed by atoms with E-state index in [0.29, 0.717) is 6.54 Å². The van der Waals surface area contributed by atoms with Gasteiger partial charge in [0.15, 0.2) is 0 Å². The van der Waals surface area contributed by atoms with E-state index in [0.717, 1.165) is 26.1 Å². The summed E-state index contributed by atoms with van der Waals surface area (Å²) in [6.45, 7) is 7.55. The number of hydrogen-bond acceptors (Lipinski definition) is 3. The molecule has 0 aromatic heterocycles. The second-order valence-corrected chi connectivity index (χ2v) is 5.95. The third-order valence-corrected chi connectivity index (χ3v) is 3.26. The molecule has 1 fully saturated rings. The first-order valence-electron chi connectivity index (χ1n) is 6.33. The van der Waals surface area contributed by atoms with Gasteiger partial charge in [0.05, 0.1) is 6.10 Å². The maximum atomic E-state index is 12.0. The third kappa shape index (κ3) is 4.28. The molecule has 0 aromatic rings. The Morgan fingerprint density at radius 1 is 1.41 bits per heavy atom. The van der Waals surface area contributed by atoms with E-state index in [1.54, 1.807) is 11.9 Å². The predicted molar refractivity (Wildman–Crippen MR) is 66.6 cm³/mol. The van der Waals surface area contributed by atoms with Gasteiger partial charge >= 0.3 is 0 Å². The SMILES string of the molecule is CN(CC(O)C1CCOCC1)C(=O)C(C)(C)C. The molecule has 1 saturated heterocycles. The Labute approximate surface area is 104 Å². The summed E-state index contributed by atoms with van der Waals surface area (Å²) >= 11 is 0. The predicted octanol–water partition coefficient (Wildman–Crippen LogP) is 1.28. The van der Waals surface area contributed by atoms with Gasteiger partial charge in [-0.3, -0.25) is 4.79 Å². The lowest BCUT2D eigenvalue weighted by Gasteiger charge is -2.32. The van der Waals surface area contributed by atoms with E-state index >= 15 is 0 Å². The zero-order chi connectivity index (χ0) is 13.1. The first-order chi connectivity index (χ1) is 7.82. The van der Waals surface area contributed by atoms with Crippen LogP contribution in [0, 0.1) is 11.3 Å². The number of amides is 1. The Kier molecular flexibility index (Phi) is 4.95. The number of nitrogens with zero attached hydrogens (tertiary/aromatic N) is 1. The van der Waals surface area contributed by atoms with Crippen LogP contribution in [0.1, 0.15) is 33.6 Å². The fourth-order valence-electron chi connectivity index (χ4n) is 2.19. The molecule has 0 saturated carbocycles. The minimum absolute atomic E-state index is 0.0728. The van der Waals surface area contributed by atoms with Crippen LogP contribution >= 0.6 is 0 Å². The molecule has 4 heteroatoms. The largest absolute Gasteiger partial charge is 0.391 e. The van der Waals surface area contributed by atoms with Gasteiger partial charge < -0.3 is 14.7 Å². The summed E-state index contributed by atoms with van der Waals surface area (Å²) in [4.78, 5) is 13.6. The Hall–Kier alpha value is -0.610. The first-order valence-corrected chi connectivity index (χ1v) is 6.33.